The van der Waals surface area contributed by atoms with Crippen LogP contribution in [0.25, 0.3) is 6.08 Å². The number of anilines is 1. The van der Waals surface area contributed by atoms with Gasteiger partial charge in [-0.2, -0.15) is 0 Å². The Kier molecular flexibility index (Phi) is 5.02. The molecule has 0 unspecified atom stereocenters. The molecule has 9 nitrogen and oxygen atoms in total. The van der Waals surface area contributed by atoms with Gasteiger partial charge in [0.2, 0.25) is 12.7 Å². The molecule has 9 heteroatoms. The van der Waals surface area contributed by atoms with E-state index >= 15 is 0 Å². The van der Waals surface area contributed by atoms with Gasteiger partial charge in [-0.05, 0) is 24.3 Å². The number of carbonyl (C=O) groups is 2. The number of para-hydroxylation sites is 1. The Balaban J connectivity index is 1.82. The summed E-state index contributed by atoms with van der Waals surface area (Å²) in [5, 5.41) is 13.8. The average molecular weight is 370 g/mol. The summed E-state index contributed by atoms with van der Waals surface area (Å²) in [6.07, 6.45) is 2.41. The molecule has 0 spiro atoms. The molecule has 0 aromatic heterocycles. The third kappa shape index (κ3) is 3.87. The van der Waals surface area contributed by atoms with Gasteiger partial charge >= 0.3 is 5.97 Å². The van der Waals surface area contributed by atoms with Gasteiger partial charge in [-0.15, -0.1) is 0 Å². The van der Waals surface area contributed by atoms with E-state index in [0.29, 0.717) is 5.75 Å². The maximum atomic E-state index is 12.2. The standard InChI is InChI=1S/C18H14N2O7/c1-25-18(22)12-4-2-3-5-13(12)19-17(21)7-6-11-8-15-16(27-10-26-15)9-14(11)20(23)24/h2-9H,10H2,1H3,(H,19,21). The monoisotopic (exact) mass is 370 g/mol. The fourth-order valence-corrected chi connectivity index (χ4v) is 2.46. The third-order valence-corrected chi connectivity index (χ3v) is 3.72. The second-order valence-corrected chi connectivity index (χ2v) is 5.38. The van der Waals surface area contributed by atoms with E-state index in [9.17, 15) is 19.7 Å². The molecule has 0 fully saturated rings. The van der Waals surface area contributed by atoms with Gasteiger partial charge in [0, 0.05) is 6.08 Å². The molecule has 1 amide bonds. The van der Waals surface area contributed by atoms with E-state index in [2.05, 4.69) is 10.1 Å². The number of fused-ring (bicyclic) bond motifs is 1. The summed E-state index contributed by atoms with van der Waals surface area (Å²) in [6, 6.07) is 9.00. The number of hydrogen-bond donors (Lipinski definition) is 1. The van der Waals surface area contributed by atoms with Gasteiger partial charge in [0.05, 0.1) is 34.9 Å². The van der Waals surface area contributed by atoms with Crippen LogP contribution in [0, 0.1) is 10.1 Å². The molecule has 0 radical (unpaired) electrons. The van der Waals surface area contributed by atoms with Crippen LogP contribution in [0.1, 0.15) is 15.9 Å². The molecular weight excluding hydrogens is 356 g/mol. The lowest BCUT2D eigenvalue weighted by Crippen LogP contribution is -2.12. The highest BCUT2D eigenvalue weighted by molar-refractivity contribution is 6.06. The number of carbonyl (C=O) groups excluding carboxylic acids is 2. The molecule has 138 valence electrons. The zero-order valence-corrected chi connectivity index (χ0v) is 14.1. The van der Waals surface area contributed by atoms with Gasteiger partial charge in [-0.3, -0.25) is 14.9 Å². The van der Waals surface area contributed by atoms with Gasteiger partial charge in [0.15, 0.2) is 11.5 Å². The Hall–Kier alpha value is -3.88. The average Bonchev–Trinajstić information content (AvgIpc) is 3.12. The Morgan fingerprint density at radius 2 is 1.93 bits per heavy atom. The molecule has 0 saturated carbocycles. The Morgan fingerprint density at radius 3 is 2.63 bits per heavy atom. The van der Waals surface area contributed by atoms with Crippen LogP contribution in [-0.4, -0.2) is 30.7 Å². The maximum Gasteiger partial charge on any atom is 0.339 e. The van der Waals surface area contributed by atoms with Crippen molar-refractivity contribution >= 4 is 29.3 Å². The summed E-state index contributed by atoms with van der Waals surface area (Å²) < 4.78 is 15.0. The SMILES string of the molecule is COC(=O)c1ccccc1NC(=O)C=Cc1cc2c(cc1[N+](=O)[O-])OCO2. The van der Waals surface area contributed by atoms with Crippen molar-refractivity contribution in [3.63, 3.8) is 0 Å². The maximum absolute atomic E-state index is 12.2. The number of methoxy groups -OCH3 is 1. The quantitative estimate of drug-likeness (QED) is 0.372. The number of esters is 1. The van der Waals surface area contributed by atoms with Crippen LogP contribution in [-0.2, 0) is 9.53 Å². The van der Waals surface area contributed by atoms with Crippen LogP contribution in [0.3, 0.4) is 0 Å². The fourth-order valence-electron chi connectivity index (χ4n) is 2.46. The Morgan fingerprint density at radius 1 is 1.22 bits per heavy atom. The van der Waals surface area contributed by atoms with Gasteiger partial charge in [0.25, 0.3) is 5.69 Å². The van der Waals surface area contributed by atoms with Crippen LogP contribution in [0.4, 0.5) is 11.4 Å². The number of nitrogens with zero attached hydrogens (tertiary/aromatic N) is 1. The minimum atomic E-state index is -0.596. The Bertz CT molecular complexity index is 953. The lowest BCUT2D eigenvalue weighted by atomic mass is 10.1. The van der Waals surface area contributed by atoms with Crippen molar-refractivity contribution in [3.05, 3.63) is 63.7 Å². The van der Waals surface area contributed by atoms with E-state index in [-0.39, 0.29) is 35.0 Å². The summed E-state index contributed by atoms with van der Waals surface area (Å²) in [5.41, 5.74) is 0.411. The first-order valence-corrected chi connectivity index (χ1v) is 7.74. The van der Waals surface area contributed by atoms with Gasteiger partial charge in [0.1, 0.15) is 0 Å². The zero-order valence-electron chi connectivity index (χ0n) is 14.1. The highest BCUT2D eigenvalue weighted by atomic mass is 16.7. The van der Waals surface area contributed by atoms with Crippen molar-refractivity contribution in [2.24, 2.45) is 0 Å². The number of amides is 1. The van der Waals surface area contributed by atoms with Crippen molar-refractivity contribution in [1.82, 2.24) is 0 Å². The predicted molar refractivity (Wildman–Crippen MR) is 94.7 cm³/mol. The first-order valence-electron chi connectivity index (χ1n) is 7.74. The predicted octanol–water partition coefficient (Wildman–Crippen LogP) is 2.76. The van der Waals surface area contributed by atoms with Crippen LogP contribution in [0.15, 0.2) is 42.5 Å². The summed E-state index contributed by atoms with van der Waals surface area (Å²) in [6.45, 7) is -0.0234. The second kappa shape index (κ2) is 7.56. The molecule has 0 aliphatic carbocycles. The molecule has 2 aromatic rings. The highest BCUT2D eigenvalue weighted by Crippen LogP contribution is 2.38. The first kappa shape index (κ1) is 17.9. The topological polar surface area (TPSA) is 117 Å². The first-order chi connectivity index (χ1) is 13.0. The second-order valence-electron chi connectivity index (χ2n) is 5.38. The van der Waals surface area contributed by atoms with Crippen molar-refractivity contribution in [1.29, 1.82) is 0 Å². The van der Waals surface area contributed by atoms with Gasteiger partial charge in [-0.1, -0.05) is 12.1 Å². The summed E-state index contributed by atoms with van der Waals surface area (Å²) in [4.78, 5) is 34.6. The molecule has 1 aliphatic heterocycles. The van der Waals surface area contributed by atoms with Crippen molar-refractivity contribution in [3.8, 4) is 11.5 Å². The number of rotatable bonds is 5. The van der Waals surface area contributed by atoms with Crippen LogP contribution in [0.5, 0.6) is 11.5 Å². The molecule has 1 heterocycles. The van der Waals surface area contributed by atoms with Crippen molar-refractivity contribution in [2.75, 3.05) is 19.2 Å². The normalized spacial score (nSPS) is 12.0. The zero-order chi connectivity index (χ0) is 19.4. The Labute approximate surface area is 153 Å². The smallest absolute Gasteiger partial charge is 0.339 e. The number of ether oxygens (including phenoxy) is 3. The number of benzene rings is 2. The van der Waals surface area contributed by atoms with Crippen molar-refractivity contribution in [2.45, 2.75) is 0 Å². The molecular formula is C18H14N2O7. The molecule has 2 aromatic carbocycles. The molecule has 0 atom stereocenters. The van der Waals surface area contributed by atoms with Crippen molar-refractivity contribution < 1.29 is 28.7 Å². The van der Waals surface area contributed by atoms with E-state index < -0.39 is 16.8 Å². The lowest BCUT2D eigenvalue weighted by molar-refractivity contribution is -0.385. The van der Waals surface area contributed by atoms with E-state index in [4.69, 9.17) is 9.47 Å². The van der Waals surface area contributed by atoms with Gasteiger partial charge < -0.3 is 19.5 Å². The minimum absolute atomic E-state index is 0.0234. The highest BCUT2D eigenvalue weighted by Gasteiger charge is 2.22. The van der Waals surface area contributed by atoms with E-state index in [1.165, 1.54) is 31.4 Å². The lowest BCUT2D eigenvalue weighted by Gasteiger charge is -2.07. The third-order valence-electron chi connectivity index (χ3n) is 3.72. The molecule has 0 bridgehead atoms. The summed E-state index contributed by atoms with van der Waals surface area (Å²) in [7, 11) is 1.24. The van der Waals surface area contributed by atoms with E-state index in [1.807, 2.05) is 0 Å². The van der Waals surface area contributed by atoms with Crippen LogP contribution < -0.4 is 14.8 Å². The number of nitro benzene ring substituents is 1. The minimum Gasteiger partial charge on any atom is -0.465 e. The largest absolute Gasteiger partial charge is 0.465 e. The van der Waals surface area contributed by atoms with E-state index in [0.717, 1.165) is 6.08 Å². The summed E-state index contributed by atoms with van der Waals surface area (Å²) >= 11 is 0. The van der Waals surface area contributed by atoms with Crippen LogP contribution in [0.2, 0.25) is 0 Å². The molecule has 1 N–H and O–H groups in total. The number of hydrogen-bond acceptors (Lipinski definition) is 7. The van der Waals surface area contributed by atoms with Crippen LogP contribution >= 0.6 is 0 Å². The number of nitrogens with one attached hydrogen (secondary N) is 1. The molecule has 1 aliphatic rings. The summed E-state index contributed by atoms with van der Waals surface area (Å²) in [5.74, 6) is -0.536. The molecule has 3 rings (SSSR count). The van der Waals surface area contributed by atoms with E-state index in [1.54, 1.807) is 18.2 Å². The molecule has 0 saturated heterocycles. The number of nitro groups is 1. The molecule has 27 heavy (non-hydrogen) atoms. The van der Waals surface area contributed by atoms with Gasteiger partial charge in [-0.25, -0.2) is 4.79 Å². The fraction of sp³-hybridized carbons (Fsp3) is 0.111.